The Morgan fingerprint density at radius 2 is 1.62 bits per heavy atom. The van der Waals surface area contributed by atoms with E-state index in [1.54, 1.807) is 18.2 Å². The van der Waals surface area contributed by atoms with Crippen LogP contribution in [0.4, 0.5) is 0 Å². The molecule has 13 heavy (non-hydrogen) atoms. The van der Waals surface area contributed by atoms with Crippen LogP contribution >= 0.6 is 0 Å². The molecule has 0 aromatic heterocycles. The highest BCUT2D eigenvalue weighted by Crippen LogP contribution is 2.17. The Balaban J connectivity index is 2.93. The van der Waals surface area contributed by atoms with Crippen molar-refractivity contribution in [3.8, 4) is 5.75 Å². The van der Waals surface area contributed by atoms with Gasteiger partial charge in [0.2, 0.25) is 0 Å². The Bertz CT molecular complexity index is 253. The molecule has 0 amide bonds. The van der Waals surface area contributed by atoms with Crippen molar-refractivity contribution >= 4 is 0 Å². The molecule has 0 heterocycles. The fourth-order valence-corrected chi connectivity index (χ4v) is 1.09. The van der Waals surface area contributed by atoms with Gasteiger partial charge < -0.3 is 14.9 Å². The van der Waals surface area contributed by atoms with Gasteiger partial charge in [-0.15, -0.1) is 0 Å². The smallest absolute Gasteiger partial charge is 0.137 e. The molecular weight excluding hydrogens is 170 g/mol. The molecule has 0 aliphatic heterocycles. The van der Waals surface area contributed by atoms with E-state index in [9.17, 15) is 0 Å². The van der Waals surface area contributed by atoms with Crippen LogP contribution < -0.4 is 10.5 Å². The van der Waals surface area contributed by atoms with Crippen LogP contribution in [0.25, 0.3) is 0 Å². The summed E-state index contributed by atoms with van der Waals surface area (Å²) >= 11 is 0. The Hall–Kier alpha value is -1.10. The number of aliphatic hydroxyl groups excluding tert-OH is 2. The van der Waals surface area contributed by atoms with Crippen LogP contribution in [0.15, 0.2) is 18.2 Å². The standard InChI is InChI=1S/C9H13NO3/c10-6-13-9-2-7(4-11)1-8(3-9)5-12/h1-3,11-12H,4-6,10H2. The van der Waals surface area contributed by atoms with E-state index in [0.29, 0.717) is 16.9 Å². The highest BCUT2D eigenvalue weighted by molar-refractivity contribution is 5.33. The minimum atomic E-state index is -0.0746. The topological polar surface area (TPSA) is 75.7 Å². The van der Waals surface area contributed by atoms with Crippen LogP contribution in [0, 0.1) is 0 Å². The average Bonchev–Trinajstić information content (AvgIpc) is 2.17. The SMILES string of the molecule is NCOc1cc(CO)cc(CO)c1. The molecule has 0 fully saturated rings. The molecule has 4 nitrogen and oxygen atoms in total. The maximum Gasteiger partial charge on any atom is 0.137 e. The van der Waals surface area contributed by atoms with Crippen LogP contribution in [-0.4, -0.2) is 16.9 Å². The minimum absolute atomic E-state index is 0.0746. The summed E-state index contributed by atoms with van der Waals surface area (Å²) in [7, 11) is 0. The van der Waals surface area contributed by atoms with E-state index in [1.165, 1.54) is 0 Å². The molecule has 0 radical (unpaired) electrons. The quantitative estimate of drug-likeness (QED) is 0.573. The van der Waals surface area contributed by atoms with E-state index >= 15 is 0 Å². The first-order chi connectivity index (χ1) is 6.30. The van der Waals surface area contributed by atoms with Crippen molar-refractivity contribution in [2.24, 2.45) is 5.73 Å². The molecular formula is C9H13NO3. The molecule has 0 atom stereocenters. The van der Waals surface area contributed by atoms with E-state index in [0.717, 1.165) is 0 Å². The van der Waals surface area contributed by atoms with Crippen molar-refractivity contribution < 1.29 is 14.9 Å². The van der Waals surface area contributed by atoms with Gasteiger partial charge in [0, 0.05) is 0 Å². The molecule has 4 heteroatoms. The Morgan fingerprint density at radius 3 is 2.00 bits per heavy atom. The lowest BCUT2D eigenvalue weighted by Gasteiger charge is -2.06. The summed E-state index contributed by atoms with van der Waals surface area (Å²) in [6.45, 7) is -0.0662. The number of nitrogens with two attached hydrogens (primary N) is 1. The van der Waals surface area contributed by atoms with E-state index in [4.69, 9.17) is 20.7 Å². The van der Waals surface area contributed by atoms with E-state index in [2.05, 4.69) is 0 Å². The molecule has 72 valence electrons. The van der Waals surface area contributed by atoms with Gasteiger partial charge in [0.25, 0.3) is 0 Å². The monoisotopic (exact) mass is 183 g/mol. The third-order valence-electron chi connectivity index (χ3n) is 1.64. The van der Waals surface area contributed by atoms with Crippen molar-refractivity contribution in [1.82, 2.24) is 0 Å². The Labute approximate surface area is 76.6 Å². The van der Waals surface area contributed by atoms with Crippen LogP contribution in [0.3, 0.4) is 0 Å². The van der Waals surface area contributed by atoms with Crippen LogP contribution in [0.5, 0.6) is 5.75 Å². The van der Waals surface area contributed by atoms with Crippen molar-refractivity contribution in [2.75, 3.05) is 6.73 Å². The summed E-state index contributed by atoms with van der Waals surface area (Å²) in [4.78, 5) is 0. The molecule has 4 N–H and O–H groups in total. The molecule has 0 saturated heterocycles. The third-order valence-corrected chi connectivity index (χ3v) is 1.64. The summed E-state index contributed by atoms with van der Waals surface area (Å²) < 4.78 is 5.05. The van der Waals surface area contributed by atoms with Gasteiger partial charge in [-0.05, 0) is 23.3 Å². The summed E-state index contributed by atoms with van der Waals surface area (Å²) in [5.41, 5.74) is 6.60. The van der Waals surface area contributed by atoms with Crippen molar-refractivity contribution in [3.63, 3.8) is 0 Å². The van der Waals surface area contributed by atoms with Crippen molar-refractivity contribution in [3.05, 3.63) is 29.3 Å². The van der Waals surface area contributed by atoms with E-state index < -0.39 is 0 Å². The first-order valence-corrected chi connectivity index (χ1v) is 3.97. The lowest BCUT2D eigenvalue weighted by molar-refractivity contribution is 0.271. The fourth-order valence-electron chi connectivity index (χ4n) is 1.09. The van der Waals surface area contributed by atoms with Gasteiger partial charge in [-0.1, -0.05) is 6.07 Å². The molecule has 0 unspecified atom stereocenters. The second-order valence-corrected chi connectivity index (χ2v) is 2.61. The van der Waals surface area contributed by atoms with Crippen molar-refractivity contribution in [2.45, 2.75) is 13.2 Å². The van der Waals surface area contributed by atoms with E-state index in [-0.39, 0.29) is 19.9 Å². The maximum atomic E-state index is 8.88. The first-order valence-electron chi connectivity index (χ1n) is 3.97. The van der Waals surface area contributed by atoms with Gasteiger partial charge in [0.1, 0.15) is 12.5 Å². The van der Waals surface area contributed by atoms with Crippen molar-refractivity contribution in [1.29, 1.82) is 0 Å². The van der Waals surface area contributed by atoms with Gasteiger partial charge in [-0.25, -0.2) is 0 Å². The summed E-state index contributed by atoms with van der Waals surface area (Å²) in [6.07, 6.45) is 0. The minimum Gasteiger partial charge on any atom is -0.479 e. The lowest BCUT2D eigenvalue weighted by atomic mass is 10.1. The van der Waals surface area contributed by atoms with Gasteiger partial charge >= 0.3 is 0 Å². The first kappa shape index (κ1) is 9.98. The predicted molar refractivity (Wildman–Crippen MR) is 48.0 cm³/mol. The molecule has 1 aromatic carbocycles. The fraction of sp³-hybridized carbons (Fsp3) is 0.333. The van der Waals surface area contributed by atoms with E-state index in [1.807, 2.05) is 0 Å². The summed E-state index contributed by atoms with van der Waals surface area (Å²) in [6, 6.07) is 5.08. The zero-order valence-electron chi connectivity index (χ0n) is 7.23. The second kappa shape index (κ2) is 4.81. The maximum absolute atomic E-state index is 8.88. The normalized spacial score (nSPS) is 10.1. The average molecular weight is 183 g/mol. The molecule has 0 saturated carbocycles. The number of benzene rings is 1. The lowest BCUT2D eigenvalue weighted by Crippen LogP contribution is -2.07. The molecule has 0 bridgehead atoms. The predicted octanol–water partition coefficient (Wildman–Crippen LogP) is -0.0338. The summed E-state index contributed by atoms with van der Waals surface area (Å²) in [5.74, 6) is 0.568. The molecule has 0 aliphatic carbocycles. The van der Waals surface area contributed by atoms with Gasteiger partial charge in [0.15, 0.2) is 0 Å². The second-order valence-electron chi connectivity index (χ2n) is 2.61. The van der Waals surface area contributed by atoms with Crippen LogP contribution in [0.1, 0.15) is 11.1 Å². The third kappa shape index (κ3) is 2.69. The zero-order chi connectivity index (χ0) is 9.68. The Kier molecular flexibility index (Phi) is 3.70. The largest absolute Gasteiger partial charge is 0.479 e. The number of ether oxygens (including phenoxy) is 1. The Morgan fingerprint density at radius 1 is 1.08 bits per heavy atom. The molecule has 1 rings (SSSR count). The molecule has 0 spiro atoms. The van der Waals surface area contributed by atoms with Gasteiger partial charge in [0.05, 0.1) is 13.2 Å². The highest BCUT2D eigenvalue weighted by atomic mass is 16.5. The number of hydrogen-bond acceptors (Lipinski definition) is 4. The van der Waals surface area contributed by atoms with Crippen LogP contribution in [0.2, 0.25) is 0 Å². The number of rotatable bonds is 4. The summed E-state index contributed by atoms with van der Waals surface area (Å²) in [5, 5.41) is 17.8. The van der Waals surface area contributed by atoms with Gasteiger partial charge in [-0.2, -0.15) is 0 Å². The van der Waals surface area contributed by atoms with Crippen LogP contribution in [-0.2, 0) is 13.2 Å². The molecule has 0 aliphatic rings. The number of hydrogen-bond donors (Lipinski definition) is 3. The zero-order valence-corrected chi connectivity index (χ0v) is 7.23. The molecule has 1 aromatic rings. The highest BCUT2D eigenvalue weighted by Gasteiger charge is 2.00. The number of aliphatic hydroxyl groups is 2. The van der Waals surface area contributed by atoms with Gasteiger partial charge in [-0.3, -0.25) is 5.73 Å².